The van der Waals surface area contributed by atoms with Crippen LogP contribution in [0.4, 0.5) is 0 Å². The molecule has 0 aliphatic rings. The van der Waals surface area contributed by atoms with Crippen LogP contribution in [0.25, 0.3) is 0 Å². The Bertz CT molecular complexity index is 306. The van der Waals surface area contributed by atoms with Crippen molar-refractivity contribution in [2.24, 2.45) is 0 Å². The largest absolute Gasteiger partial charge is 0.491 e. The summed E-state index contributed by atoms with van der Waals surface area (Å²) in [5.74, 6) is 0.892. The summed E-state index contributed by atoms with van der Waals surface area (Å²) in [6.07, 6.45) is 2.27. The van der Waals surface area contributed by atoms with Crippen molar-refractivity contribution in [2.45, 2.75) is 19.8 Å². The maximum Gasteiger partial charge on any atom is 0.119 e. The quantitative estimate of drug-likeness (QED) is 0.564. The third-order valence-corrected chi connectivity index (χ3v) is 2.76. The predicted octanol–water partition coefficient (Wildman–Crippen LogP) is 2.49. The molecule has 0 spiro atoms. The number of nitrogens with one attached hydrogen (secondary N) is 1. The minimum absolute atomic E-state index is 0.596. The van der Waals surface area contributed by atoms with Crippen molar-refractivity contribution in [3.05, 3.63) is 30.3 Å². The smallest absolute Gasteiger partial charge is 0.119 e. The molecule has 20 heavy (non-hydrogen) atoms. The van der Waals surface area contributed by atoms with E-state index in [-0.39, 0.29) is 0 Å². The molecule has 1 aromatic carbocycles. The molecular weight excluding hydrogens is 254 g/mol. The van der Waals surface area contributed by atoms with Crippen LogP contribution in [0.5, 0.6) is 5.75 Å². The summed E-state index contributed by atoms with van der Waals surface area (Å²) in [7, 11) is 0. The van der Waals surface area contributed by atoms with E-state index in [2.05, 4.69) is 5.32 Å². The van der Waals surface area contributed by atoms with Gasteiger partial charge in [0.1, 0.15) is 12.4 Å². The Hall–Kier alpha value is -1.10. The van der Waals surface area contributed by atoms with E-state index in [0.717, 1.165) is 51.5 Å². The molecule has 0 aromatic heterocycles. The van der Waals surface area contributed by atoms with Gasteiger partial charge in [0, 0.05) is 19.8 Å². The molecule has 0 heterocycles. The molecule has 114 valence electrons. The monoisotopic (exact) mass is 281 g/mol. The SMILES string of the molecule is CCOCCCCNCCOCCOc1ccccc1. The van der Waals surface area contributed by atoms with E-state index in [9.17, 15) is 0 Å². The number of para-hydroxylation sites is 1. The van der Waals surface area contributed by atoms with Gasteiger partial charge in [-0.2, -0.15) is 0 Å². The number of rotatable bonds is 13. The van der Waals surface area contributed by atoms with Gasteiger partial charge in [-0.15, -0.1) is 0 Å². The molecule has 0 saturated carbocycles. The number of unbranched alkanes of at least 4 members (excludes halogenated alkanes) is 1. The maximum absolute atomic E-state index is 5.53. The normalized spacial score (nSPS) is 10.7. The van der Waals surface area contributed by atoms with Gasteiger partial charge in [0.25, 0.3) is 0 Å². The average molecular weight is 281 g/mol. The maximum atomic E-state index is 5.53. The number of hydrogen-bond acceptors (Lipinski definition) is 4. The number of hydrogen-bond donors (Lipinski definition) is 1. The lowest BCUT2D eigenvalue weighted by Crippen LogP contribution is -2.22. The fraction of sp³-hybridized carbons (Fsp3) is 0.625. The zero-order valence-electron chi connectivity index (χ0n) is 12.5. The van der Waals surface area contributed by atoms with Crippen LogP contribution in [-0.4, -0.2) is 46.1 Å². The van der Waals surface area contributed by atoms with Gasteiger partial charge in [0.05, 0.1) is 13.2 Å². The van der Waals surface area contributed by atoms with Gasteiger partial charge >= 0.3 is 0 Å². The van der Waals surface area contributed by atoms with E-state index in [0.29, 0.717) is 13.2 Å². The molecule has 1 aromatic rings. The van der Waals surface area contributed by atoms with Crippen molar-refractivity contribution >= 4 is 0 Å². The average Bonchev–Trinajstić information content (AvgIpc) is 2.49. The second-order valence-corrected chi connectivity index (χ2v) is 4.43. The van der Waals surface area contributed by atoms with Gasteiger partial charge in [-0.3, -0.25) is 0 Å². The van der Waals surface area contributed by atoms with Crippen LogP contribution in [0.15, 0.2) is 30.3 Å². The molecule has 0 amide bonds. The molecule has 0 bridgehead atoms. The minimum atomic E-state index is 0.596. The van der Waals surface area contributed by atoms with E-state index in [4.69, 9.17) is 14.2 Å². The summed E-state index contributed by atoms with van der Waals surface area (Å²) in [4.78, 5) is 0. The van der Waals surface area contributed by atoms with Crippen LogP contribution in [0.2, 0.25) is 0 Å². The lowest BCUT2D eigenvalue weighted by atomic mass is 10.3. The first-order chi connectivity index (χ1) is 9.93. The molecule has 4 nitrogen and oxygen atoms in total. The van der Waals surface area contributed by atoms with Gasteiger partial charge in [0.15, 0.2) is 0 Å². The van der Waals surface area contributed by atoms with Gasteiger partial charge in [0.2, 0.25) is 0 Å². The minimum Gasteiger partial charge on any atom is -0.491 e. The van der Waals surface area contributed by atoms with Crippen molar-refractivity contribution in [1.82, 2.24) is 5.32 Å². The summed E-state index contributed by atoms with van der Waals surface area (Å²) >= 11 is 0. The van der Waals surface area contributed by atoms with Crippen LogP contribution >= 0.6 is 0 Å². The van der Waals surface area contributed by atoms with Gasteiger partial charge in [-0.05, 0) is 38.4 Å². The standard InChI is InChI=1S/C16H27NO3/c1-2-18-12-7-6-10-17-11-13-19-14-15-20-16-8-4-3-5-9-16/h3-5,8-9,17H,2,6-7,10-15H2,1H3. The van der Waals surface area contributed by atoms with Crippen LogP contribution in [-0.2, 0) is 9.47 Å². The Morgan fingerprint density at radius 2 is 1.70 bits per heavy atom. The van der Waals surface area contributed by atoms with E-state index in [1.807, 2.05) is 37.3 Å². The van der Waals surface area contributed by atoms with Crippen molar-refractivity contribution in [2.75, 3.05) is 46.1 Å². The zero-order chi connectivity index (χ0) is 14.3. The molecule has 0 fully saturated rings. The molecule has 4 heteroatoms. The molecule has 0 aliphatic carbocycles. The van der Waals surface area contributed by atoms with Gasteiger partial charge in [-0.25, -0.2) is 0 Å². The lowest BCUT2D eigenvalue weighted by molar-refractivity contribution is 0.101. The van der Waals surface area contributed by atoms with Crippen molar-refractivity contribution in [3.63, 3.8) is 0 Å². The van der Waals surface area contributed by atoms with Crippen LogP contribution in [0.3, 0.4) is 0 Å². The fourth-order valence-corrected chi connectivity index (χ4v) is 1.71. The number of benzene rings is 1. The van der Waals surface area contributed by atoms with Crippen LogP contribution < -0.4 is 10.1 Å². The summed E-state index contributed by atoms with van der Waals surface area (Å²) in [5, 5.41) is 3.35. The number of ether oxygens (including phenoxy) is 3. The highest BCUT2D eigenvalue weighted by Gasteiger charge is 1.93. The molecule has 0 unspecified atom stereocenters. The van der Waals surface area contributed by atoms with Gasteiger partial charge in [-0.1, -0.05) is 18.2 Å². The first kappa shape index (κ1) is 17.0. The van der Waals surface area contributed by atoms with Gasteiger partial charge < -0.3 is 19.5 Å². The summed E-state index contributed by atoms with van der Waals surface area (Å²) in [6.45, 7) is 7.56. The fourth-order valence-electron chi connectivity index (χ4n) is 1.71. The summed E-state index contributed by atoms with van der Waals surface area (Å²) in [6, 6.07) is 9.80. The second-order valence-electron chi connectivity index (χ2n) is 4.43. The van der Waals surface area contributed by atoms with E-state index in [1.54, 1.807) is 0 Å². The Labute approximate surface area is 122 Å². The van der Waals surface area contributed by atoms with Crippen molar-refractivity contribution in [3.8, 4) is 5.75 Å². The lowest BCUT2D eigenvalue weighted by Gasteiger charge is -2.08. The second kappa shape index (κ2) is 12.9. The summed E-state index contributed by atoms with van der Waals surface area (Å²) in [5.41, 5.74) is 0. The third kappa shape index (κ3) is 9.78. The Morgan fingerprint density at radius 3 is 2.50 bits per heavy atom. The molecule has 0 aliphatic heterocycles. The van der Waals surface area contributed by atoms with E-state index >= 15 is 0 Å². The first-order valence-electron chi connectivity index (χ1n) is 7.47. The van der Waals surface area contributed by atoms with E-state index < -0.39 is 0 Å². The Balaban J connectivity index is 1.77. The highest BCUT2D eigenvalue weighted by Crippen LogP contribution is 2.07. The molecular formula is C16H27NO3. The van der Waals surface area contributed by atoms with Crippen molar-refractivity contribution < 1.29 is 14.2 Å². The first-order valence-corrected chi connectivity index (χ1v) is 7.47. The Morgan fingerprint density at radius 1 is 0.850 bits per heavy atom. The van der Waals surface area contributed by atoms with Crippen LogP contribution in [0.1, 0.15) is 19.8 Å². The van der Waals surface area contributed by atoms with E-state index in [1.165, 1.54) is 0 Å². The highest BCUT2D eigenvalue weighted by molar-refractivity contribution is 5.20. The molecule has 0 atom stereocenters. The Kier molecular flexibility index (Phi) is 10.9. The molecule has 0 saturated heterocycles. The molecule has 1 N–H and O–H groups in total. The zero-order valence-corrected chi connectivity index (χ0v) is 12.5. The van der Waals surface area contributed by atoms with Crippen molar-refractivity contribution in [1.29, 1.82) is 0 Å². The summed E-state index contributed by atoms with van der Waals surface area (Å²) < 4.78 is 16.3. The molecule has 0 radical (unpaired) electrons. The topological polar surface area (TPSA) is 39.7 Å². The third-order valence-electron chi connectivity index (χ3n) is 2.76. The molecule has 1 rings (SSSR count). The highest BCUT2D eigenvalue weighted by atomic mass is 16.5. The predicted molar refractivity (Wildman–Crippen MR) is 81.4 cm³/mol. The van der Waals surface area contributed by atoms with Crippen LogP contribution in [0, 0.1) is 0 Å².